The molecule has 1 aromatic rings. The quantitative estimate of drug-likeness (QED) is 0.730. The third-order valence-corrected chi connectivity index (χ3v) is 1.78. The molecule has 5 heteroatoms. The van der Waals surface area contributed by atoms with Gasteiger partial charge >= 0.3 is 0 Å². The molecule has 0 fully saturated rings. The normalized spacial score (nSPS) is 10.3. The van der Waals surface area contributed by atoms with Gasteiger partial charge < -0.3 is 4.74 Å². The second kappa shape index (κ2) is 4.91. The van der Waals surface area contributed by atoms with Crippen LogP contribution < -0.4 is 4.74 Å². The Morgan fingerprint density at radius 2 is 2.21 bits per heavy atom. The first-order chi connectivity index (χ1) is 6.65. The molecule has 0 aliphatic rings. The molecule has 0 aromatic heterocycles. The minimum absolute atomic E-state index is 0.00414. The number of rotatable bonds is 4. The van der Waals surface area contributed by atoms with Gasteiger partial charge in [-0.1, -0.05) is 17.7 Å². The van der Waals surface area contributed by atoms with Crippen LogP contribution in [-0.4, -0.2) is 19.3 Å². The summed E-state index contributed by atoms with van der Waals surface area (Å²) in [5, 5.41) is 0.148. The molecule has 0 aliphatic carbocycles. The van der Waals surface area contributed by atoms with Crippen LogP contribution >= 0.6 is 11.6 Å². The Bertz CT molecular complexity index is 329. The highest BCUT2D eigenvalue weighted by Gasteiger charge is 2.10. The van der Waals surface area contributed by atoms with Crippen molar-refractivity contribution in [1.82, 2.24) is 0 Å². The van der Waals surface area contributed by atoms with Crippen molar-refractivity contribution >= 4 is 17.9 Å². The van der Waals surface area contributed by atoms with Crippen molar-refractivity contribution in [3.05, 3.63) is 28.8 Å². The second-order valence-electron chi connectivity index (χ2n) is 2.48. The van der Waals surface area contributed by atoms with Crippen LogP contribution in [-0.2, 0) is 0 Å². The Hall–Kier alpha value is -1.16. The zero-order chi connectivity index (χ0) is 10.6. The zero-order valence-electron chi connectivity index (χ0n) is 7.04. The van der Waals surface area contributed by atoms with E-state index in [1.54, 1.807) is 6.07 Å². The van der Waals surface area contributed by atoms with Gasteiger partial charge in [0.1, 0.15) is 12.4 Å². The molecule has 0 radical (unpaired) electrons. The van der Waals surface area contributed by atoms with Gasteiger partial charge in [-0.2, -0.15) is 0 Å². The molecule has 76 valence electrons. The number of ether oxygens (including phenoxy) is 1. The molecule has 0 spiro atoms. The number of carbonyl (C=O) groups is 1. The molecule has 2 nitrogen and oxygen atoms in total. The minimum atomic E-state index is -2.59. The smallest absolute Gasteiger partial charge is 0.272 e. The Balaban J connectivity index is 2.87. The van der Waals surface area contributed by atoms with E-state index in [1.807, 2.05) is 0 Å². The van der Waals surface area contributed by atoms with Crippen molar-refractivity contribution in [3.63, 3.8) is 0 Å². The Labute approximate surface area is 84.4 Å². The number of alkyl halides is 2. The average Bonchev–Trinajstić information content (AvgIpc) is 2.15. The second-order valence-corrected chi connectivity index (χ2v) is 2.89. The summed E-state index contributed by atoms with van der Waals surface area (Å²) >= 11 is 5.66. The molecule has 1 rings (SSSR count). The Kier molecular flexibility index (Phi) is 3.83. The number of hydrogen-bond donors (Lipinski definition) is 0. The fourth-order valence-corrected chi connectivity index (χ4v) is 1.15. The van der Waals surface area contributed by atoms with Crippen LogP contribution in [0.25, 0.3) is 0 Å². The topological polar surface area (TPSA) is 26.3 Å². The van der Waals surface area contributed by atoms with E-state index in [-0.39, 0.29) is 16.3 Å². The number of carbonyl (C=O) groups excluding carboxylic acids is 1. The third kappa shape index (κ3) is 2.67. The summed E-state index contributed by atoms with van der Waals surface area (Å²) in [5.41, 5.74) is 0.165. The summed E-state index contributed by atoms with van der Waals surface area (Å²) in [4.78, 5) is 10.5. The van der Waals surface area contributed by atoms with E-state index in [2.05, 4.69) is 0 Å². The lowest BCUT2D eigenvalue weighted by Gasteiger charge is -2.08. The van der Waals surface area contributed by atoms with Gasteiger partial charge in [0.25, 0.3) is 6.43 Å². The van der Waals surface area contributed by atoms with Crippen LogP contribution in [0.2, 0.25) is 5.02 Å². The Morgan fingerprint density at radius 1 is 1.50 bits per heavy atom. The van der Waals surface area contributed by atoms with Gasteiger partial charge in [0.05, 0.1) is 10.6 Å². The van der Waals surface area contributed by atoms with Crippen LogP contribution in [0.4, 0.5) is 8.78 Å². The minimum Gasteiger partial charge on any atom is -0.485 e. The lowest BCUT2D eigenvalue weighted by molar-refractivity contribution is 0.0810. The van der Waals surface area contributed by atoms with Gasteiger partial charge in [-0.3, -0.25) is 4.79 Å². The fourth-order valence-electron chi connectivity index (χ4n) is 0.917. The Morgan fingerprint density at radius 3 is 2.79 bits per heavy atom. The SMILES string of the molecule is O=Cc1cccc(Cl)c1OCC(F)F. The highest BCUT2D eigenvalue weighted by molar-refractivity contribution is 6.32. The summed E-state index contributed by atoms with van der Waals surface area (Å²) in [6.45, 7) is -0.773. The monoisotopic (exact) mass is 220 g/mol. The van der Waals surface area contributed by atoms with Crippen molar-refractivity contribution in [2.45, 2.75) is 6.43 Å². The molecule has 0 saturated heterocycles. The standard InChI is InChI=1S/C9H7ClF2O2/c10-7-3-1-2-6(4-13)9(7)14-5-8(11)12/h1-4,8H,5H2. The first kappa shape index (κ1) is 10.9. The molecule has 0 saturated carbocycles. The molecule has 0 amide bonds. The van der Waals surface area contributed by atoms with Crippen LogP contribution in [0, 0.1) is 0 Å². The summed E-state index contributed by atoms with van der Waals surface area (Å²) in [6.07, 6.45) is -2.09. The van der Waals surface area contributed by atoms with E-state index < -0.39 is 13.0 Å². The van der Waals surface area contributed by atoms with Crippen molar-refractivity contribution in [2.24, 2.45) is 0 Å². The summed E-state index contributed by atoms with van der Waals surface area (Å²) < 4.78 is 28.4. The number of aldehydes is 1. The van der Waals surface area contributed by atoms with Crippen molar-refractivity contribution in [1.29, 1.82) is 0 Å². The molecule has 0 bridgehead atoms. The highest BCUT2D eigenvalue weighted by atomic mass is 35.5. The molecular weight excluding hydrogens is 214 g/mol. The van der Waals surface area contributed by atoms with Gasteiger partial charge in [-0.15, -0.1) is 0 Å². The molecule has 0 heterocycles. The van der Waals surface area contributed by atoms with E-state index in [0.29, 0.717) is 6.29 Å². The number of hydrogen-bond acceptors (Lipinski definition) is 2. The van der Waals surface area contributed by atoms with Crippen LogP contribution in [0.3, 0.4) is 0 Å². The first-order valence-electron chi connectivity index (χ1n) is 3.79. The summed E-state index contributed by atoms with van der Waals surface area (Å²) in [7, 11) is 0. The average molecular weight is 221 g/mol. The predicted molar refractivity (Wildman–Crippen MR) is 48.3 cm³/mol. The first-order valence-corrected chi connectivity index (χ1v) is 4.17. The van der Waals surface area contributed by atoms with Crippen molar-refractivity contribution in [3.8, 4) is 5.75 Å². The van der Waals surface area contributed by atoms with E-state index in [9.17, 15) is 13.6 Å². The van der Waals surface area contributed by atoms with Gasteiger partial charge in [-0.25, -0.2) is 8.78 Å². The molecule has 1 aromatic carbocycles. The molecule has 0 atom stereocenters. The molecular formula is C9H7ClF2O2. The van der Waals surface area contributed by atoms with E-state index in [4.69, 9.17) is 16.3 Å². The van der Waals surface area contributed by atoms with E-state index in [1.165, 1.54) is 12.1 Å². The third-order valence-electron chi connectivity index (χ3n) is 1.48. The molecule has 0 unspecified atom stereocenters. The maximum Gasteiger partial charge on any atom is 0.272 e. The fraction of sp³-hybridized carbons (Fsp3) is 0.222. The van der Waals surface area contributed by atoms with Crippen LogP contribution in [0.15, 0.2) is 18.2 Å². The molecule has 0 N–H and O–H groups in total. The lowest BCUT2D eigenvalue weighted by Crippen LogP contribution is -2.08. The van der Waals surface area contributed by atoms with Gasteiger partial charge in [0, 0.05) is 0 Å². The van der Waals surface area contributed by atoms with Crippen LogP contribution in [0.5, 0.6) is 5.75 Å². The maximum absolute atomic E-state index is 11.8. The van der Waals surface area contributed by atoms with Gasteiger partial charge in [0.15, 0.2) is 6.29 Å². The van der Waals surface area contributed by atoms with E-state index in [0.717, 1.165) is 0 Å². The summed E-state index contributed by atoms with van der Waals surface area (Å²) in [5.74, 6) is 0.00414. The van der Waals surface area contributed by atoms with Gasteiger partial charge in [-0.05, 0) is 12.1 Å². The van der Waals surface area contributed by atoms with Gasteiger partial charge in [0.2, 0.25) is 0 Å². The van der Waals surface area contributed by atoms with Crippen molar-refractivity contribution < 1.29 is 18.3 Å². The van der Waals surface area contributed by atoms with E-state index >= 15 is 0 Å². The lowest BCUT2D eigenvalue weighted by atomic mass is 10.2. The predicted octanol–water partition coefficient (Wildman–Crippen LogP) is 2.80. The number of benzene rings is 1. The zero-order valence-corrected chi connectivity index (χ0v) is 7.80. The summed E-state index contributed by atoms with van der Waals surface area (Å²) in [6, 6.07) is 4.45. The number of halogens is 3. The highest BCUT2D eigenvalue weighted by Crippen LogP contribution is 2.27. The van der Waals surface area contributed by atoms with Crippen LogP contribution in [0.1, 0.15) is 10.4 Å². The maximum atomic E-state index is 11.8. The molecule has 14 heavy (non-hydrogen) atoms. The largest absolute Gasteiger partial charge is 0.485 e. The number of para-hydroxylation sites is 1. The van der Waals surface area contributed by atoms with Crippen molar-refractivity contribution in [2.75, 3.05) is 6.61 Å². The molecule has 0 aliphatic heterocycles.